The number of hydrogen-bond acceptors (Lipinski definition) is 1. The van der Waals surface area contributed by atoms with Crippen LogP contribution in [0.1, 0.15) is 43.0 Å². The van der Waals surface area contributed by atoms with Crippen LogP contribution in [-0.4, -0.2) is 12.5 Å². The monoisotopic (exact) mass is 327 g/mol. The first-order valence-electron chi connectivity index (χ1n) is 6.79. The summed E-state index contributed by atoms with van der Waals surface area (Å²) < 4.78 is 13.4. The second-order valence-electron chi connectivity index (χ2n) is 5.46. The minimum Gasteiger partial charge on any atom is -0.352 e. The molecule has 2 rings (SSSR count). The van der Waals surface area contributed by atoms with Gasteiger partial charge in [0.15, 0.2) is 0 Å². The molecule has 1 fully saturated rings. The number of amides is 1. The Labute approximate surface area is 121 Å². The van der Waals surface area contributed by atoms with Gasteiger partial charge in [0.2, 0.25) is 0 Å². The fourth-order valence-electron chi connectivity index (χ4n) is 2.51. The smallest absolute Gasteiger partial charge is 0.251 e. The minimum atomic E-state index is -0.349. The highest BCUT2D eigenvalue weighted by Crippen LogP contribution is 2.27. The van der Waals surface area contributed by atoms with Crippen molar-refractivity contribution in [2.24, 2.45) is 11.8 Å². The van der Waals surface area contributed by atoms with Crippen LogP contribution in [0.25, 0.3) is 0 Å². The van der Waals surface area contributed by atoms with Crippen LogP contribution in [0.2, 0.25) is 0 Å². The molecule has 0 aromatic heterocycles. The van der Waals surface area contributed by atoms with Crippen molar-refractivity contribution in [2.45, 2.75) is 32.6 Å². The van der Waals surface area contributed by atoms with E-state index in [0.717, 1.165) is 12.5 Å². The third-order valence-corrected chi connectivity index (χ3v) is 4.48. The molecular formula is C15H19BrFNO. The molecular weight excluding hydrogens is 309 g/mol. The highest BCUT2D eigenvalue weighted by atomic mass is 79.9. The second kappa shape index (κ2) is 6.51. The molecule has 19 heavy (non-hydrogen) atoms. The Kier molecular flexibility index (Phi) is 4.97. The largest absolute Gasteiger partial charge is 0.352 e. The van der Waals surface area contributed by atoms with Crippen molar-refractivity contribution < 1.29 is 9.18 Å². The molecule has 0 unspecified atom stereocenters. The lowest BCUT2D eigenvalue weighted by Crippen LogP contribution is -2.31. The number of hydrogen-bond donors (Lipinski definition) is 1. The molecule has 0 aliphatic heterocycles. The molecule has 4 heteroatoms. The van der Waals surface area contributed by atoms with Crippen LogP contribution in [0, 0.1) is 17.7 Å². The Hall–Kier alpha value is -0.900. The van der Waals surface area contributed by atoms with Crippen LogP contribution in [-0.2, 0) is 0 Å². The van der Waals surface area contributed by atoms with Crippen molar-refractivity contribution in [1.82, 2.24) is 5.32 Å². The van der Waals surface area contributed by atoms with Gasteiger partial charge in [-0.25, -0.2) is 4.39 Å². The summed E-state index contributed by atoms with van der Waals surface area (Å²) in [7, 11) is 0. The van der Waals surface area contributed by atoms with E-state index in [9.17, 15) is 9.18 Å². The topological polar surface area (TPSA) is 29.1 Å². The Morgan fingerprint density at radius 3 is 2.68 bits per heavy atom. The molecule has 1 aromatic rings. The van der Waals surface area contributed by atoms with Crippen molar-refractivity contribution in [2.75, 3.05) is 6.54 Å². The maximum absolute atomic E-state index is 13.1. The fraction of sp³-hybridized carbons (Fsp3) is 0.533. The number of carbonyl (C=O) groups excluding carboxylic acids is 1. The van der Waals surface area contributed by atoms with Crippen LogP contribution in [0.5, 0.6) is 0 Å². The molecule has 0 radical (unpaired) electrons. The third kappa shape index (κ3) is 4.03. The van der Waals surface area contributed by atoms with Gasteiger partial charge in [-0.1, -0.05) is 19.8 Å². The second-order valence-corrected chi connectivity index (χ2v) is 6.32. The van der Waals surface area contributed by atoms with Crippen molar-refractivity contribution in [3.05, 3.63) is 34.1 Å². The van der Waals surface area contributed by atoms with E-state index in [1.807, 2.05) is 0 Å². The van der Waals surface area contributed by atoms with E-state index >= 15 is 0 Å². The maximum atomic E-state index is 13.1. The maximum Gasteiger partial charge on any atom is 0.251 e. The summed E-state index contributed by atoms with van der Waals surface area (Å²) in [5.41, 5.74) is 0.498. The van der Waals surface area contributed by atoms with Crippen molar-refractivity contribution in [1.29, 1.82) is 0 Å². The van der Waals surface area contributed by atoms with E-state index in [1.165, 1.54) is 43.9 Å². The molecule has 0 bridgehead atoms. The zero-order valence-corrected chi connectivity index (χ0v) is 12.7. The van der Waals surface area contributed by atoms with Crippen molar-refractivity contribution in [3.63, 3.8) is 0 Å². The van der Waals surface area contributed by atoms with Crippen LogP contribution < -0.4 is 5.32 Å². The normalized spacial score (nSPS) is 23.1. The lowest BCUT2D eigenvalue weighted by Gasteiger charge is -2.26. The quantitative estimate of drug-likeness (QED) is 0.887. The van der Waals surface area contributed by atoms with Gasteiger partial charge in [0, 0.05) is 12.1 Å². The van der Waals surface area contributed by atoms with Gasteiger partial charge in [-0.15, -0.1) is 0 Å². The van der Waals surface area contributed by atoms with Gasteiger partial charge in [-0.3, -0.25) is 4.79 Å². The zero-order chi connectivity index (χ0) is 13.8. The molecule has 1 amide bonds. The van der Waals surface area contributed by atoms with Gasteiger partial charge >= 0.3 is 0 Å². The molecule has 2 nitrogen and oxygen atoms in total. The first-order valence-corrected chi connectivity index (χ1v) is 7.59. The number of rotatable bonds is 3. The minimum absolute atomic E-state index is 0.126. The molecule has 0 spiro atoms. The first kappa shape index (κ1) is 14.5. The Balaban J connectivity index is 1.85. The SMILES string of the molecule is CC1CCC(CNC(=O)c2ccc(F)c(Br)c2)CC1. The molecule has 104 valence electrons. The third-order valence-electron chi connectivity index (χ3n) is 3.87. The van der Waals surface area contributed by atoms with Crippen molar-refractivity contribution >= 4 is 21.8 Å². The van der Waals surface area contributed by atoms with Crippen LogP contribution >= 0.6 is 15.9 Å². The average Bonchev–Trinajstić information content (AvgIpc) is 2.41. The number of carbonyl (C=O) groups is 1. The van der Waals surface area contributed by atoms with E-state index in [2.05, 4.69) is 28.2 Å². The Bertz CT molecular complexity index is 455. The highest BCUT2D eigenvalue weighted by molar-refractivity contribution is 9.10. The summed E-state index contributed by atoms with van der Waals surface area (Å²) in [6.07, 6.45) is 4.88. The average molecular weight is 328 g/mol. The first-order chi connectivity index (χ1) is 9.06. The lowest BCUT2D eigenvalue weighted by molar-refractivity contribution is 0.0942. The summed E-state index contributed by atoms with van der Waals surface area (Å²) in [5, 5.41) is 2.95. The Morgan fingerprint density at radius 2 is 2.05 bits per heavy atom. The molecule has 1 aliphatic carbocycles. The summed E-state index contributed by atoms with van der Waals surface area (Å²) in [4.78, 5) is 12.0. The van der Waals surface area contributed by atoms with E-state index in [4.69, 9.17) is 0 Å². The summed E-state index contributed by atoms with van der Waals surface area (Å²) in [6, 6.07) is 4.34. The van der Waals surface area contributed by atoms with E-state index in [-0.39, 0.29) is 11.7 Å². The van der Waals surface area contributed by atoms with Gasteiger partial charge in [-0.2, -0.15) is 0 Å². The summed E-state index contributed by atoms with van der Waals surface area (Å²) >= 11 is 3.09. The summed E-state index contributed by atoms with van der Waals surface area (Å²) in [6.45, 7) is 3.01. The lowest BCUT2D eigenvalue weighted by atomic mass is 9.83. The summed E-state index contributed by atoms with van der Waals surface area (Å²) in [5.74, 6) is 0.932. The van der Waals surface area contributed by atoms with E-state index < -0.39 is 0 Å². The van der Waals surface area contributed by atoms with Gasteiger partial charge in [0.05, 0.1) is 4.47 Å². The van der Waals surface area contributed by atoms with Gasteiger partial charge < -0.3 is 5.32 Å². The van der Waals surface area contributed by atoms with Gasteiger partial charge in [0.25, 0.3) is 5.91 Å². The predicted molar refractivity (Wildman–Crippen MR) is 77.6 cm³/mol. The number of halogens is 2. The Morgan fingerprint density at radius 1 is 1.37 bits per heavy atom. The van der Waals surface area contributed by atoms with E-state index in [0.29, 0.717) is 16.0 Å². The molecule has 1 N–H and O–H groups in total. The van der Waals surface area contributed by atoms with Crippen LogP contribution in [0.15, 0.2) is 22.7 Å². The van der Waals surface area contributed by atoms with Crippen LogP contribution in [0.4, 0.5) is 4.39 Å². The number of nitrogens with one attached hydrogen (secondary N) is 1. The molecule has 0 atom stereocenters. The highest BCUT2D eigenvalue weighted by Gasteiger charge is 2.19. The zero-order valence-electron chi connectivity index (χ0n) is 11.1. The number of benzene rings is 1. The van der Waals surface area contributed by atoms with Crippen molar-refractivity contribution in [3.8, 4) is 0 Å². The molecule has 1 aromatic carbocycles. The van der Waals surface area contributed by atoms with Crippen LogP contribution in [0.3, 0.4) is 0 Å². The molecule has 0 saturated heterocycles. The van der Waals surface area contributed by atoms with Gasteiger partial charge in [-0.05, 0) is 58.8 Å². The molecule has 1 saturated carbocycles. The standard InChI is InChI=1S/C15H19BrFNO/c1-10-2-4-11(5-3-10)9-18-15(19)12-6-7-14(17)13(16)8-12/h6-8,10-11H,2-5,9H2,1H3,(H,18,19). The molecule has 0 heterocycles. The molecule has 1 aliphatic rings. The van der Waals surface area contributed by atoms with Gasteiger partial charge in [0.1, 0.15) is 5.82 Å². The predicted octanol–water partition coefficient (Wildman–Crippen LogP) is 4.14. The van der Waals surface area contributed by atoms with E-state index in [1.54, 1.807) is 0 Å². The fourth-order valence-corrected chi connectivity index (χ4v) is 2.89.